The van der Waals surface area contributed by atoms with E-state index in [0.717, 1.165) is 15.6 Å². The molecule has 4 heteroatoms. The first-order valence-corrected chi connectivity index (χ1v) is 5.82. The molecule has 1 nitrogen and oxygen atoms in total. The lowest BCUT2D eigenvalue weighted by molar-refractivity contribution is 0.627. The molecule has 0 spiro atoms. The summed E-state index contributed by atoms with van der Waals surface area (Å²) >= 11 is 9.22. The number of pyridine rings is 1. The maximum atomic E-state index is 13.2. The number of halogens is 3. The van der Waals surface area contributed by atoms with Crippen molar-refractivity contribution < 1.29 is 4.39 Å². The van der Waals surface area contributed by atoms with Crippen LogP contribution in [0.25, 0.3) is 11.3 Å². The smallest absolute Gasteiger partial charge is 0.124 e. The molecular weight excluding hydrogens is 292 g/mol. The van der Waals surface area contributed by atoms with E-state index in [4.69, 9.17) is 11.6 Å². The molecule has 82 valence electrons. The van der Waals surface area contributed by atoms with E-state index in [1.807, 2.05) is 13.0 Å². The molecule has 0 N–H and O–H groups in total. The summed E-state index contributed by atoms with van der Waals surface area (Å²) in [7, 11) is 0. The van der Waals surface area contributed by atoms with Gasteiger partial charge in [-0.15, -0.1) is 0 Å². The third kappa shape index (κ3) is 2.42. The Morgan fingerprint density at radius 2 is 2.00 bits per heavy atom. The maximum Gasteiger partial charge on any atom is 0.124 e. The van der Waals surface area contributed by atoms with Crippen molar-refractivity contribution in [1.29, 1.82) is 0 Å². The Balaban J connectivity index is 2.54. The Morgan fingerprint density at radius 1 is 1.25 bits per heavy atom. The molecule has 0 saturated heterocycles. The molecule has 0 unspecified atom stereocenters. The van der Waals surface area contributed by atoms with Crippen LogP contribution in [0.1, 0.15) is 5.56 Å². The van der Waals surface area contributed by atoms with Gasteiger partial charge in [0.15, 0.2) is 0 Å². The van der Waals surface area contributed by atoms with Gasteiger partial charge in [-0.05, 0) is 52.7 Å². The van der Waals surface area contributed by atoms with E-state index in [9.17, 15) is 4.39 Å². The van der Waals surface area contributed by atoms with Crippen molar-refractivity contribution in [1.82, 2.24) is 4.98 Å². The number of rotatable bonds is 1. The van der Waals surface area contributed by atoms with Gasteiger partial charge in [0.2, 0.25) is 0 Å². The fourth-order valence-corrected chi connectivity index (χ4v) is 1.83. The van der Waals surface area contributed by atoms with Gasteiger partial charge in [0.1, 0.15) is 5.82 Å². The van der Waals surface area contributed by atoms with Crippen molar-refractivity contribution >= 4 is 27.5 Å². The number of nitrogens with zero attached hydrogens (tertiary/aromatic N) is 1. The van der Waals surface area contributed by atoms with Crippen molar-refractivity contribution in [3.05, 3.63) is 51.3 Å². The van der Waals surface area contributed by atoms with Gasteiger partial charge < -0.3 is 0 Å². The minimum Gasteiger partial charge on any atom is -0.255 e. The summed E-state index contributed by atoms with van der Waals surface area (Å²) in [4.78, 5) is 4.19. The molecule has 1 aromatic heterocycles. The summed E-state index contributed by atoms with van der Waals surface area (Å²) in [6, 6.07) is 6.50. The second-order valence-corrected chi connectivity index (χ2v) is 4.76. The molecule has 0 aliphatic rings. The number of hydrogen-bond acceptors (Lipinski definition) is 1. The average Bonchev–Trinajstić information content (AvgIpc) is 2.20. The fraction of sp³-hybridized carbons (Fsp3) is 0.0833. The molecule has 0 aliphatic carbocycles. The molecule has 0 atom stereocenters. The van der Waals surface area contributed by atoms with Crippen LogP contribution in [-0.2, 0) is 0 Å². The van der Waals surface area contributed by atoms with Gasteiger partial charge in [0.05, 0.1) is 15.2 Å². The van der Waals surface area contributed by atoms with Crippen LogP contribution in [-0.4, -0.2) is 4.98 Å². The average molecular weight is 301 g/mol. The predicted molar refractivity (Wildman–Crippen MR) is 67.1 cm³/mol. The van der Waals surface area contributed by atoms with E-state index in [0.29, 0.717) is 10.7 Å². The maximum absolute atomic E-state index is 13.2. The first-order valence-electron chi connectivity index (χ1n) is 4.65. The first-order chi connectivity index (χ1) is 7.56. The molecule has 1 aromatic carbocycles. The SMILES string of the molecule is Cc1cc(F)cc(-c2cc(Cl)c(Br)cn2)c1. The minimum absolute atomic E-state index is 0.268. The van der Waals surface area contributed by atoms with Gasteiger partial charge in [-0.3, -0.25) is 4.98 Å². The zero-order valence-electron chi connectivity index (χ0n) is 8.47. The van der Waals surface area contributed by atoms with E-state index >= 15 is 0 Å². The van der Waals surface area contributed by atoms with Crippen LogP contribution >= 0.6 is 27.5 Å². The van der Waals surface area contributed by atoms with Crippen LogP contribution in [0.15, 0.2) is 34.9 Å². The fourth-order valence-electron chi connectivity index (χ4n) is 1.46. The first kappa shape index (κ1) is 11.6. The minimum atomic E-state index is -0.268. The third-order valence-electron chi connectivity index (χ3n) is 2.15. The lowest BCUT2D eigenvalue weighted by Crippen LogP contribution is -1.87. The van der Waals surface area contributed by atoms with Gasteiger partial charge in [-0.25, -0.2) is 4.39 Å². The zero-order chi connectivity index (χ0) is 11.7. The van der Waals surface area contributed by atoms with Crippen molar-refractivity contribution in [3.63, 3.8) is 0 Å². The highest BCUT2D eigenvalue weighted by molar-refractivity contribution is 9.10. The number of aromatic nitrogens is 1. The Morgan fingerprint density at radius 3 is 2.62 bits per heavy atom. The van der Waals surface area contributed by atoms with Crippen molar-refractivity contribution in [3.8, 4) is 11.3 Å². The Bertz CT molecular complexity index is 522. The standard InChI is InChI=1S/C12H8BrClFN/c1-7-2-8(4-9(15)3-7)12-5-11(14)10(13)6-16-12/h2-6H,1H3. The highest BCUT2D eigenvalue weighted by atomic mass is 79.9. The number of aryl methyl sites for hydroxylation is 1. The summed E-state index contributed by atoms with van der Waals surface area (Å²) in [6.45, 7) is 1.84. The summed E-state index contributed by atoms with van der Waals surface area (Å²) in [5.74, 6) is -0.268. The van der Waals surface area contributed by atoms with Crippen LogP contribution in [0.2, 0.25) is 5.02 Å². The lowest BCUT2D eigenvalue weighted by Gasteiger charge is -2.04. The molecule has 0 amide bonds. The largest absolute Gasteiger partial charge is 0.255 e. The van der Waals surface area contributed by atoms with Gasteiger partial charge in [0.25, 0.3) is 0 Å². The number of benzene rings is 1. The Kier molecular flexibility index (Phi) is 3.26. The van der Waals surface area contributed by atoms with Crippen LogP contribution in [0, 0.1) is 12.7 Å². The second kappa shape index (κ2) is 4.52. The lowest BCUT2D eigenvalue weighted by atomic mass is 10.1. The van der Waals surface area contributed by atoms with E-state index in [2.05, 4.69) is 20.9 Å². The summed E-state index contributed by atoms with van der Waals surface area (Å²) < 4.78 is 14.0. The summed E-state index contributed by atoms with van der Waals surface area (Å²) in [5, 5.41) is 0.562. The van der Waals surface area contributed by atoms with Crippen LogP contribution < -0.4 is 0 Å². The number of hydrogen-bond donors (Lipinski definition) is 0. The van der Waals surface area contributed by atoms with Crippen LogP contribution in [0.4, 0.5) is 4.39 Å². The highest BCUT2D eigenvalue weighted by Gasteiger charge is 2.05. The molecule has 2 rings (SSSR count). The predicted octanol–water partition coefficient (Wildman–Crippen LogP) is 4.61. The van der Waals surface area contributed by atoms with Crippen LogP contribution in [0.3, 0.4) is 0 Å². The van der Waals surface area contributed by atoms with Gasteiger partial charge >= 0.3 is 0 Å². The molecule has 0 aliphatic heterocycles. The Hall–Kier alpha value is -0.930. The van der Waals surface area contributed by atoms with E-state index in [1.165, 1.54) is 12.1 Å². The molecular formula is C12H8BrClFN. The third-order valence-corrected chi connectivity index (χ3v) is 3.32. The molecule has 16 heavy (non-hydrogen) atoms. The van der Waals surface area contributed by atoms with Crippen molar-refractivity contribution in [2.75, 3.05) is 0 Å². The molecule has 0 bridgehead atoms. The highest BCUT2D eigenvalue weighted by Crippen LogP contribution is 2.27. The van der Waals surface area contributed by atoms with Gasteiger partial charge in [-0.2, -0.15) is 0 Å². The van der Waals surface area contributed by atoms with Crippen LogP contribution in [0.5, 0.6) is 0 Å². The molecule has 0 saturated carbocycles. The van der Waals surface area contributed by atoms with E-state index in [-0.39, 0.29) is 5.82 Å². The molecule has 2 aromatic rings. The molecule has 1 heterocycles. The van der Waals surface area contributed by atoms with Crippen molar-refractivity contribution in [2.24, 2.45) is 0 Å². The van der Waals surface area contributed by atoms with Crippen molar-refractivity contribution in [2.45, 2.75) is 6.92 Å². The quantitative estimate of drug-likeness (QED) is 0.749. The monoisotopic (exact) mass is 299 g/mol. The molecule has 0 radical (unpaired) electrons. The zero-order valence-corrected chi connectivity index (χ0v) is 10.8. The molecule has 0 fully saturated rings. The van der Waals surface area contributed by atoms with E-state index in [1.54, 1.807) is 12.3 Å². The topological polar surface area (TPSA) is 12.9 Å². The Labute approximate surface area is 106 Å². The summed E-state index contributed by atoms with van der Waals surface area (Å²) in [5.41, 5.74) is 2.25. The summed E-state index contributed by atoms with van der Waals surface area (Å²) in [6.07, 6.45) is 1.61. The van der Waals surface area contributed by atoms with Gasteiger partial charge in [-0.1, -0.05) is 11.6 Å². The van der Waals surface area contributed by atoms with Gasteiger partial charge in [0, 0.05) is 11.8 Å². The second-order valence-electron chi connectivity index (χ2n) is 3.50. The normalized spacial score (nSPS) is 10.5. The van der Waals surface area contributed by atoms with E-state index < -0.39 is 0 Å².